The lowest BCUT2D eigenvalue weighted by molar-refractivity contribution is 0.170. The molecular weight excluding hydrogens is 206 g/mol. The van der Waals surface area contributed by atoms with E-state index in [9.17, 15) is 0 Å². The van der Waals surface area contributed by atoms with Crippen LogP contribution in [0.15, 0.2) is 12.7 Å². The van der Waals surface area contributed by atoms with Gasteiger partial charge in [-0.15, -0.1) is 6.58 Å². The van der Waals surface area contributed by atoms with Crippen molar-refractivity contribution in [2.45, 2.75) is 65.3 Å². The third-order valence-corrected chi connectivity index (χ3v) is 4.17. The smallest absolute Gasteiger partial charge is 0.00104 e. The van der Waals surface area contributed by atoms with Crippen molar-refractivity contribution in [3.05, 3.63) is 12.7 Å². The van der Waals surface area contributed by atoms with Crippen molar-refractivity contribution in [1.82, 2.24) is 5.32 Å². The van der Waals surface area contributed by atoms with Gasteiger partial charge in [-0.3, -0.25) is 0 Å². The van der Waals surface area contributed by atoms with Crippen LogP contribution >= 0.6 is 0 Å². The average molecular weight is 237 g/mol. The van der Waals surface area contributed by atoms with Crippen molar-refractivity contribution in [2.75, 3.05) is 6.54 Å². The predicted molar refractivity (Wildman–Crippen MR) is 77.2 cm³/mol. The number of unbranched alkanes of at least 4 members (excludes halogenated alkanes) is 1. The van der Waals surface area contributed by atoms with Crippen LogP contribution in [0.4, 0.5) is 0 Å². The number of hydrogen-bond donors (Lipinski definition) is 1. The van der Waals surface area contributed by atoms with Crippen LogP contribution in [-0.2, 0) is 0 Å². The highest BCUT2D eigenvalue weighted by Gasteiger charge is 2.27. The summed E-state index contributed by atoms with van der Waals surface area (Å²) in [6, 6.07) is 0.628. The number of rotatable bonds is 7. The third kappa shape index (κ3) is 5.72. The van der Waals surface area contributed by atoms with Gasteiger partial charge in [-0.2, -0.15) is 0 Å². The zero-order valence-corrected chi connectivity index (χ0v) is 12.0. The summed E-state index contributed by atoms with van der Waals surface area (Å²) < 4.78 is 0. The van der Waals surface area contributed by atoms with Crippen LogP contribution in [0.25, 0.3) is 0 Å². The van der Waals surface area contributed by atoms with E-state index in [0.717, 1.165) is 17.8 Å². The molecule has 1 nitrogen and oxygen atoms in total. The molecule has 1 aliphatic carbocycles. The molecule has 1 fully saturated rings. The lowest BCUT2D eigenvalue weighted by Crippen LogP contribution is -2.35. The van der Waals surface area contributed by atoms with Gasteiger partial charge in [0, 0.05) is 6.04 Å². The molecule has 0 aliphatic heterocycles. The van der Waals surface area contributed by atoms with E-state index in [4.69, 9.17) is 0 Å². The second kappa shape index (κ2) is 7.92. The van der Waals surface area contributed by atoms with E-state index < -0.39 is 0 Å². The van der Waals surface area contributed by atoms with Gasteiger partial charge in [0.05, 0.1) is 0 Å². The molecule has 0 bridgehead atoms. The maximum atomic E-state index is 3.82. The van der Waals surface area contributed by atoms with Crippen molar-refractivity contribution in [3.8, 4) is 0 Å². The Morgan fingerprint density at radius 3 is 2.71 bits per heavy atom. The second-order valence-corrected chi connectivity index (χ2v) is 6.22. The first-order chi connectivity index (χ1) is 8.13. The molecule has 1 rings (SSSR count). The van der Waals surface area contributed by atoms with Gasteiger partial charge in [0.15, 0.2) is 0 Å². The zero-order chi connectivity index (χ0) is 12.7. The zero-order valence-electron chi connectivity index (χ0n) is 12.0. The molecule has 1 aliphatic rings. The van der Waals surface area contributed by atoms with Gasteiger partial charge in [-0.05, 0) is 56.4 Å². The van der Waals surface area contributed by atoms with Crippen LogP contribution < -0.4 is 5.32 Å². The van der Waals surface area contributed by atoms with E-state index >= 15 is 0 Å². The fourth-order valence-electron chi connectivity index (χ4n) is 3.10. The van der Waals surface area contributed by atoms with E-state index in [0.29, 0.717) is 6.04 Å². The number of hydrogen-bond acceptors (Lipinski definition) is 1. The fourth-order valence-corrected chi connectivity index (χ4v) is 3.10. The van der Waals surface area contributed by atoms with Gasteiger partial charge >= 0.3 is 0 Å². The van der Waals surface area contributed by atoms with E-state index in [1.165, 1.54) is 45.1 Å². The van der Waals surface area contributed by atoms with Crippen LogP contribution in [0.5, 0.6) is 0 Å². The molecule has 3 atom stereocenters. The first-order valence-corrected chi connectivity index (χ1v) is 7.47. The van der Waals surface area contributed by atoms with Crippen molar-refractivity contribution in [1.29, 1.82) is 0 Å². The highest BCUT2D eigenvalue weighted by Crippen LogP contribution is 2.36. The highest BCUT2D eigenvalue weighted by molar-refractivity contribution is 4.81. The van der Waals surface area contributed by atoms with Crippen LogP contribution in [0, 0.1) is 17.8 Å². The van der Waals surface area contributed by atoms with Gasteiger partial charge in [0.25, 0.3) is 0 Å². The third-order valence-electron chi connectivity index (χ3n) is 4.17. The van der Waals surface area contributed by atoms with Gasteiger partial charge in [0.2, 0.25) is 0 Å². The Bertz CT molecular complexity index is 210. The predicted octanol–water partition coefficient (Wildman–Crippen LogP) is 4.39. The molecule has 1 N–H and O–H groups in total. The summed E-state index contributed by atoms with van der Waals surface area (Å²) in [4.78, 5) is 0. The molecule has 1 heteroatoms. The first-order valence-electron chi connectivity index (χ1n) is 7.47. The highest BCUT2D eigenvalue weighted by atomic mass is 14.9. The minimum absolute atomic E-state index is 0.628. The lowest BCUT2D eigenvalue weighted by atomic mass is 9.72. The Morgan fingerprint density at radius 1 is 1.29 bits per heavy atom. The molecule has 0 aromatic rings. The molecule has 0 saturated heterocycles. The molecule has 3 unspecified atom stereocenters. The number of allylic oxidation sites excluding steroid dienone is 1. The molecular formula is C16H31N. The second-order valence-electron chi connectivity index (χ2n) is 6.22. The Kier molecular flexibility index (Phi) is 6.87. The molecule has 100 valence electrons. The SMILES string of the molecule is C=CCCCC1CC(C)CCC1CNC(C)C. The number of nitrogens with one attached hydrogen (secondary N) is 1. The minimum atomic E-state index is 0.628. The van der Waals surface area contributed by atoms with Crippen molar-refractivity contribution in [3.63, 3.8) is 0 Å². The topological polar surface area (TPSA) is 12.0 Å². The fraction of sp³-hybridized carbons (Fsp3) is 0.875. The first kappa shape index (κ1) is 14.8. The molecule has 0 aromatic heterocycles. The minimum Gasteiger partial charge on any atom is -0.314 e. The van der Waals surface area contributed by atoms with Crippen LogP contribution in [0.2, 0.25) is 0 Å². The summed E-state index contributed by atoms with van der Waals surface area (Å²) in [5.41, 5.74) is 0. The Labute approximate surface area is 108 Å². The van der Waals surface area contributed by atoms with Crippen LogP contribution in [0.1, 0.15) is 59.3 Å². The molecule has 0 radical (unpaired) electrons. The maximum absolute atomic E-state index is 3.82. The van der Waals surface area contributed by atoms with Crippen molar-refractivity contribution < 1.29 is 0 Å². The van der Waals surface area contributed by atoms with E-state index in [1.807, 2.05) is 0 Å². The van der Waals surface area contributed by atoms with E-state index in [-0.39, 0.29) is 0 Å². The maximum Gasteiger partial charge on any atom is 0.00104 e. The largest absolute Gasteiger partial charge is 0.314 e. The average Bonchev–Trinajstić information content (AvgIpc) is 2.28. The molecule has 0 heterocycles. The van der Waals surface area contributed by atoms with Gasteiger partial charge < -0.3 is 5.32 Å². The lowest BCUT2D eigenvalue weighted by Gasteiger charge is -2.35. The van der Waals surface area contributed by atoms with E-state index in [2.05, 4.69) is 38.7 Å². The van der Waals surface area contributed by atoms with Crippen molar-refractivity contribution >= 4 is 0 Å². The Morgan fingerprint density at radius 2 is 2.06 bits per heavy atom. The molecule has 0 aromatic carbocycles. The molecule has 0 amide bonds. The summed E-state index contributed by atoms with van der Waals surface area (Å²) in [6.45, 7) is 12.0. The van der Waals surface area contributed by atoms with Crippen molar-refractivity contribution in [2.24, 2.45) is 17.8 Å². The monoisotopic (exact) mass is 237 g/mol. The van der Waals surface area contributed by atoms with Gasteiger partial charge in [-0.25, -0.2) is 0 Å². The quantitative estimate of drug-likeness (QED) is 0.511. The molecule has 0 spiro atoms. The summed E-state index contributed by atoms with van der Waals surface area (Å²) in [5.74, 6) is 2.81. The molecule has 17 heavy (non-hydrogen) atoms. The summed E-state index contributed by atoms with van der Waals surface area (Å²) >= 11 is 0. The Hall–Kier alpha value is -0.300. The summed E-state index contributed by atoms with van der Waals surface area (Å²) in [6.07, 6.45) is 10.3. The van der Waals surface area contributed by atoms with E-state index in [1.54, 1.807) is 0 Å². The summed E-state index contributed by atoms with van der Waals surface area (Å²) in [7, 11) is 0. The van der Waals surface area contributed by atoms with Gasteiger partial charge in [0.1, 0.15) is 0 Å². The normalized spacial score (nSPS) is 29.5. The standard InChI is InChI=1S/C16H31N/c1-5-6-7-8-15-11-14(4)9-10-16(15)12-17-13(2)3/h5,13-17H,1,6-12H2,2-4H3. The molecule has 1 saturated carbocycles. The summed E-state index contributed by atoms with van der Waals surface area (Å²) in [5, 5.41) is 3.63. The van der Waals surface area contributed by atoms with Crippen LogP contribution in [0.3, 0.4) is 0 Å². The Balaban J connectivity index is 2.37. The van der Waals surface area contributed by atoms with Gasteiger partial charge in [-0.1, -0.05) is 33.3 Å². The van der Waals surface area contributed by atoms with Crippen LogP contribution in [-0.4, -0.2) is 12.6 Å².